The molecule has 0 aliphatic carbocycles. The van der Waals surface area contributed by atoms with Crippen LogP contribution in [0.3, 0.4) is 0 Å². The van der Waals surface area contributed by atoms with E-state index in [1.54, 1.807) is 24.3 Å². The van der Waals surface area contributed by atoms with Crippen molar-refractivity contribution in [3.8, 4) is 0 Å². The first-order chi connectivity index (χ1) is 9.77. The molecular formula is C13H11BrN2O4S. The molecule has 0 spiro atoms. The number of aromatic carboxylic acids is 1. The van der Waals surface area contributed by atoms with Gasteiger partial charge in [0.1, 0.15) is 0 Å². The molecule has 0 heterocycles. The predicted octanol–water partition coefficient (Wildman–Crippen LogP) is 2.54. The molecule has 21 heavy (non-hydrogen) atoms. The van der Waals surface area contributed by atoms with E-state index in [-0.39, 0.29) is 10.5 Å². The monoisotopic (exact) mass is 370 g/mol. The van der Waals surface area contributed by atoms with Gasteiger partial charge in [0.2, 0.25) is 10.0 Å². The third-order valence-electron chi connectivity index (χ3n) is 2.67. The summed E-state index contributed by atoms with van der Waals surface area (Å²) < 4.78 is 22.8. The highest BCUT2D eigenvalue weighted by Gasteiger charge is 2.10. The zero-order valence-corrected chi connectivity index (χ0v) is 13.0. The first-order valence-corrected chi connectivity index (χ1v) is 8.04. The number of benzene rings is 2. The zero-order chi connectivity index (χ0) is 15.6. The number of carboxylic acids is 1. The van der Waals surface area contributed by atoms with E-state index >= 15 is 0 Å². The second kappa shape index (κ2) is 5.84. The maximum absolute atomic E-state index is 11.1. The minimum atomic E-state index is -3.73. The quantitative estimate of drug-likeness (QED) is 0.765. The molecule has 0 aliphatic heterocycles. The van der Waals surface area contributed by atoms with Crippen LogP contribution in [-0.4, -0.2) is 19.5 Å². The summed E-state index contributed by atoms with van der Waals surface area (Å²) in [7, 11) is -3.73. The fourth-order valence-electron chi connectivity index (χ4n) is 1.66. The van der Waals surface area contributed by atoms with Crippen molar-refractivity contribution in [2.75, 3.05) is 5.32 Å². The van der Waals surface area contributed by atoms with Crippen molar-refractivity contribution in [1.29, 1.82) is 0 Å². The number of hydrogen-bond donors (Lipinski definition) is 3. The lowest BCUT2D eigenvalue weighted by atomic mass is 10.2. The lowest BCUT2D eigenvalue weighted by Crippen LogP contribution is -2.11. The van der Waals surface area contributed by atoms with Crippen molar-refractivity contribution in [3.63, 3.8) is 0 Å². The third kappa shape index (κ3) is 3.81. The molecule has 0 radical (unpaired) electrons. The average molecular weight is 371 g/mol. The Labute approximate surface area is 129 Å². The van der Waals surface area contributed by atoms with Gasteiger partial charge in [-0.15, -0.1) is 0 Å². The highest BCUT2D eigenvalue weighted by molar-refractivity contribution is 9.10. The highest BCUT2D eigenvalue weighted by Crippen LogP contribution is 2.24. The number of rotatable bonds is 4. The number of hydrogen-bond acceptors (Lipinski definition) is 4. The van der Waals surface area contributed by atoms with Gasteiger partial charge in [0.05, 0.1) is 10.5 Å². The lowest BCUT2D eigenvalue weighted by Gasteiger charge is -2.09. The van der Waals surface area contributed by atoms with E-state index in [1.807, 2.05) is 0 Å². The minimum Gasteiger partial charge on any atom is -0.478 e. The molecule has 0 fully saturated rings. The van der Waals surface area contributed by atoms with Crippen molar-refractivity contribution < 1.29 is 18.3 Å². The molecular weight excluding hydrogens is 360 g/mol. The van der Waals surface area contributed by atoms with E-state index in [0.29, 0.717) is 15.8 Å². The lowest BCUT2D eigenvalue weighted by molar-refractivity contribution is 0.0696. The number of carboxylic acid groups (broad SMARTS) is 1. The van der Waals surface area contributed by atoms with Gasteiger partial charge in [0.25, 0.3) is 0 Å². The molecule has 2 rings (SSSR count). The first-order valence-electron chi connectivity index (χ1n) is 5.70. The molecule has 0 aliphatic rings. The number of sulfonamides is 1. The van der Waals surface area contributed by atoms with Crippen molar-refractivity contribution >= 4 is 43.3 Å². The normalized spacial score (nSPS) is 11.1. The predicted molar refractivity (Wildman–Crippen MR) is 82.2 cm³/mol. The van der Waals surface area contributed by atoms with E-state index in [2.05, 4.69) is 21.2 Å². The molecule has 0 saturated carbocycles. The molecule has 0 unspecified atom stereocenters. The van der Waals surface area contributed by atoms with E-state index in [4.69, 9.17) is 10.2 Å². The van der Waals surface area contributed by atoms with Crippen molar-refractivity contribution in [2.24, 2.45) is 5.14 Å². The van der Waals surface area contributed by atoms with E-state index < -0.39 is 16.0 Å². The molecule has 6 nitrogen and oxygen atoms in total. The van der Waals surface area contributed by atoms with Gasteiger partial charge in [0.15, 0.2) is 0 Å². The van der Waals surface area contributed by atoms with E-state index in [0.717, 1.165) is 0 Å². The number of nitrogens with one attached hydrogen (secondary N) is 1. The van der Waals surface area contributed by atoms with Crippen LogP contribution in [0.15, 0.2) is 51.8 Å². The van der Waals surface area contributed by atoms with Crippen molar-refractivity contribution in [1.82, 2.24) is 0 Å². The topological polar surface area (TPSA) is 109 Å². The molecule has 2 aromatic carbocycles. The van der Waals surface area contributed by atoms with Gasteiger partial charge < -0.3 is 10.4 Å². The molecule has 110 valence electrons. The van der Waals surface area contributed by atoms with Crippen LogP contribution in [-0.2, 0) is 10.0 Å². The largest absolute Gasteiger partial charge is 0.478 e. The van der Waals surface area contributed by atoms with Gasteiger partial charge in [-0.05, 0) is 58.4 Å². The average Bonchev–Trinajstić information content (AvgIpc) is 2.40. The summed E-state index contributed by atoms with van der Waals surface area (Å²) in [5.41, 5.74) is 1.31. The van der Waals surface area contributed by atoms with E-state index in [1.165, 1.54) is 18.2 Å². The fourth-order valence-corrected chi connectivity index (χ4v) is 2.59. The summed E-state index contributed by atoms with van der Waals surface area (Å²) >= 11 is 3.16. The van der Waals surface area contributed by atoms with Gasteiger partial charge in [-0.3, -0.25) is 0 Å². The summed E-state index contributed by atoms with van der Waals surface area (Å²) in [5, 5.41) is 17.0. The molecule has 0 atom stereocenters. The third-order valence-corrected chi connectivity index (χ3v) is 4.29. The number of nitrogens with two attached hydrogens (primary N) is 1. The molecule has 0 bridgehead atoms. The maximum atomic E-state index is 11.1. The Balaban J connectivity index is 2.26. The Morgan fingerprint density at radius 3 is 2.19 bits per heavy atom. The molecule has 2 aromatic rings. The molecule has 8 heteroatoms. The van der Waals surface area contributed by atoms with Crippen LogP contribution in [0, 0.1) is 0 Å². The smallest absolute Gasteiger partial charge is 0.336 e. The standard InChI is InChI=1S/C13H11BrN2O4S/c14-12-6-3-9(7-11(12)13(17)18)16-8-1-4-10(5-2-8)21(15,19)20/h1-7,16H,(H,17,18)(H2,15,19,20). The second-order valence-corrected chi connectivity index (χ2v) is 6.61. The zero-order valence-electron chi connectivity index (χ0n) is 10.6. The highest BCUT2D eigenvalue weighted by atomic mass is 79.9. The maximum Gasteiger partial charge on any atom is 0.336 e. The molecule has 0 saturated heterocycles. The Kier molecular flexibility index (Phi) is 4.31. The Bertz CT molecular complexity index is 788. The second-order valence-electron chi connectivity index (χ2n) is 4.19. The molecule has 4 N–H and O–H groups in total. The van der Waals surface area contributed by atoms with Crippen LogP contribution in [0.5, 0.6) is 0 Å². The van der Waals surface area contributed by atoms with Gasteiger partial charge in [-0.1, -0.05) is 0 Å². The first kappa shape index (κ1) is 15.5. The van der Waals surface area contributed by atoms with Crippen LogP contribution in [0.1, 0.15) is 10.4 Å². The van der Waals surface area contributed by atoms with Gasteiger partial charge in [-0.2, -0.15) is 0 Å². The Morgan fingerprint density at radius 2 is 1.67 bits per heavy atom. The summed E-state index contributed by atoms with van der Waals surface area (Å²) in [6.45, 7) is 0. The summed E-state index contributed by atoms with van der Waals surface area (Å²) in [6.07, 6.45) is 0. The Morgan fingerprint density at radius 1 is 1.10 bits per heavy atom. The van der Waals surface area contributed by atoms with Crippen LogP contribution >= 0.6 is 15.9 Å². The number of carbonyl (C=O) groups is 1. The summed E-state index contributed by atoms with van der Waals surface area (Å²) in [6, 6.07) is 10.6. The van der Waals surface area contributed by atoms with Gasteiger partial charge in [0, 0.05) is 15.8 Å². The molecule has 0 aromatic heterocycles. The van der Waals surface area contributed by atoms with Crippen LogP contribution in [0.25, 0.3) is 0 Å². The van der Waals surface area contributed by atoms with Crippen LogP contribution in [0.2, 0.25) is 0 Å². The van der Waals surface area contributed by atoms with Gasteiger partial charge >= 0.3 is 5.97 Å². The SMILES string of the molecule is NS(=O)(=O)c1ccc(Nc2ccc(Br)c(C(=O)O)c2)cc1. The Hall–Kier alpha value is -1.90. The van der Waals surface area contributed by atoms with E-state index in [9.17, 15) is 13.2 Å². The number of anilines is 2. The van der Waals surface area contributed by atoms with Gasteiger partial charge in [-0.25, -0.2) is 18.4 Å². The van der Waals surface area contributed by atoms with Crippen LogP contribution in [0.4, 0.5) is 11.4 Å². The number of halogens is 1. The summed E-state index contributed by atoms with van der Waals surface area (Å²) in [4.78, 5) is 11.1. The molecule has 0 amide bonds. The van der Waals surface area contributed by atoms with Crippen molar-refractivity contribution in [3.05, 3.63) is 52.5 Å². The fraction of sp³-hybridized carbons (Fsp3) is 0. The number of primary sulfonamides is 1. The summed E-state index contributed by atoms with van der Waals surface area (Å²) in [5.74, 6) is -1.05. The van der Waals surface area contributed by atoms with Crippen molar-refractivity contribution in [2.45, 2.75) is 4.90 Å². The van der Waals surface area contributed by atoms with Crippen LogP contribution < -0.4 is 10.5 Å². The minimum absolute atomic E-state index is 0.00933.